The molecule has 31 heavy (non-hydrogen) atoms. The molecule has 0 unspecified atom stereocenters. The van der Waals surface area contributed by atoms with Crippen LogP contribution in [-0.4, -0.2) is 48.2 Å². The summed E-state index contributed by atoms with van der Waals surface area (Å²) in [5.74, 6) is -0.822. The molecular weight excluding hydrogens is 400 g/mol. The smallest absolute Gasteiger partial charge is 0.407 e. The number of benzene rings is 1. The summed E-state index contributed by atoms with van der Waals surface area (Å²) in [6, 6.07) is 5.27. The van der Waals surface area contributed by atoms with E-state index in [-0.39, 0.29) is 25.0 Å². The number of carbonyl (C=O) groups excluding carboxylic acids is 3. The van der Waals surface area contributed by atoms with Crippen LogP contribution in [0, 0.1) is 5.92 Å². The number of rotatable bonds is 13. The van der Waals surface area contributed by atoms with Crippen LogP contribution in [0.2, 0.25) is 0 Å². The molecule has 1 aromatic carbocycles. The van der Waals surface area contributed by atoms with E-state index in [0.717, 1.165) is 5.56 Å². The number of ether oxygens (including phenoxy) is 1. The lowest BCUT2D eigenvalue weighted by molar-refractivity contribution is -0.128. The van der Waals surface area contributed by atoms with Gasteiger partial charge in [-0.15, -0.1) is 0 Å². The molecule has 9 nitrogen and oxygen atoms in total. The molecule has 0 fully saturated rings. The number of nitrogens with two attached hydrogens (primary N) is 1. The van der Waals surface area contributed by atoms with E-state index >= 15 is 0 Å². The lowest BCUT2D eigenvalue weighted by Gasteiger charge is -2.22. The maximum absolute atomic E-state index is 12.8. The Balaban J connectivity index is 2.64. The minimum atomic E-state index is -0.775. The summed E-state index contributed by atoms with van der Waals surface area (Å²) in [7, 11) is 0. The molecule has 6 N–H and O–H groups in total. The fourth-order valence-electron chi connectivity index (χ4n) is 2.61. The van der Waals surface area contributed by atoms with Crippen molar-refractivity contribution in [1.29, 1.82) is 0 Å². The van der Waals surface area contributed by atoms with Gasteiger partial charge in [0.25, 0.3) is 0 Å². The molecule has 0 aliphatic rings. The largest absolute Gasteiger partial charge is 0.445 e. The monoisotopic (exact) mass is 434 g/mol. The van der Waals surface area contributed by atoms with Gasteiger partial charge in [0.1, 0.15) is 12.6 Å². The minimum absolute atomic E-state index is 0.0690. The van der Waals surface area contributed by atoms with E-state index in [1.54, 1.807) is 24.3 Å². The molecule has 1 aromatic rings. The van der Waals surface area contributed by atoms with E-state index in [1.165, 1.54) is 6.08 Å². The Morgan fingerprint density at radius 1 is 1.16 bits per heavy atom. The third kappa shape index (κ3) is 10.1. The van der Waals surface area contributed by atoms with Crippen molar-refractivity contribution in [2.45, 2.75) is 51.8 Å². The zero-order valence-corrected chi connectivity index (χ0v) is 18.2. The van der Waals surface area contributed by atoms with E-state index in [1.807, 2.05) is 13.8 Å². The van der Waals surface area contributed by atoms with Crippen LogP contribution < -0.4 is 21.7 Å². The summed E-state index contributed by atoms with van der Waals surface area (Å²) >= 11 is 0. The number of hydrogen-bond donors (Lipinski definition) is 5. The summed E-state index contributed by atoms with van der Waals surface area (Å²) in [5.41, 5.74) is 7.19. The van der Waals surface area contributed by atoms with Crippen LogP contribution in [0.1, 0.15) is 38.7 Å². The second kappa shape index (κ2) is 14.2. The standard InChI is InChI=1S/C22H34N4O5/c1-4-13-31-22(30)24-12-6-5-7-18(26-21(29)19(23)15(2)3)20(28)25-17-10-8-16(14-27)9-11-17/h4,8-11,15,18-19,27H,1,5-7,12-14,23H2,2-3H3,(H,24,30)(H,25,28)(H,26,29)/t18-,19-/m0/s1. The first kappa shape index (κ1) is 26.1. The van der Waals surface area contributed by atoms with Gasteiger partial charge in [0.2, 0.25) is 11.8 Å². The van der Waals surface area contributed by atoms with E-state index in [4.69, 9.17) is 15.6 Å². The van der Waals surface area contributed by atoms with Crippen molar-refractivity contribution in [3.8, 4) is 0 Å². The molecule has 0 radical (unpaired) electrons. The van der Waals surface area contributed by atoms with Gasteiger partial charge in [0, 0.05) is 12.2 Å². The maximum atomic E-state index is 12.8. The van der Waals surface area contributed by atoms with Crippen molar-refractivity contribution in [2.75, 3.05) is 18.5 Å². The van der Waals surface area contributed by atoms with Gasteiger partial charge in [0.15, 0.2) is 0 Å². The predicted molar refractivity (Wildman–Crippen MR) is 119 cm³/mol. The molecule has 0 bridgehead atoms. The Kier molecular flexibility index (Phi) is 11.9. The number of anilines is 1. The van der Waals surface area contributed by atoms with Crippen molar-refractivity contribution in [3.63, 3.8) is 0 Å². The lowest BCUT2D eigenvalue weighted by Crippen LogP contribution is -2.51. The number of carbonyl (C=O) groups is 3. The maximum Gasteiger partial charge on any atom is 0.407 e. The first-order valence-corrected chi connectivity index (χ1v) is 10.4. The van der Waals surface area contributed by atoms with Gasteiger partial charge in [-0.1, -0.05) is 38.6 Å². The molecule has 0 aliphatic heterocycles. The molecular formula is C22H34N4O5. The zero-order chi connectivity index (χ0) is 23.2. The van der Waals surface area contributed by atoms with Crippen LogP contribution in [-0.2, 0) is 20.9 Å². The molecule has 0 saturated heterocycles. The number of nitrogens with one attached hydrogen (secondary N) is 3. The van der Waals surface area contributed by atoms with E-state index < -0.39 is 24.1 Å². The van der Waals surface area contributed by atoms with Crippen molar-refractivity contribution in [2.24, 2.45) is 11.7 Å². The van der Waals surface area contributed by atoms with Gasteiger partial charge >= 0.3 is 6.09 Å². The minimum Gasteiger partial charge on any atom is -0.445 e. The Morgan fingerprint density at radius 2 is 1.84 bits per heavy atom. The van der Waals surface area contributed by atoms with Crippen LogP contribution in [0.15, 0.2) is 36.9 Å². The summed E-state index contributed by atoms with van der Waals surface area (Å²) in [6.45, 7) is 7.56. The zero-order valence-electron chi connectivity index (χ0n) is 18.2. The van der Waals surface area contributed by atoms with E-state index in [9.17, 15) is 14.4 Å². The molecule has 0 aliphatic carbocycles. The normalized spacial score (nSPS) is 12.5. The van der Waals surface area contributed by atoms with Crippen LogP contribution in [0.4, 0.5) is 10.5 Å². The Bertz CT molecular complexity index is 721. The Hall–Kier alpha value is -2.91. The quantitative estimate of drug-likeness (QED) is 0.236. The SMILES string of the molecule is C=CCOC(=O)NCCCC[C@H](NC(=O)[C@@H](N)C(C)C)C(=O)Nc1ccc(CO)cc1. The van der Waals surface area contributed by atoms with Crippen LogP contribution in [0.3, 0.4) is 0 Å². The number of amides is 3. The summed E-state index contributed by atoms with van der Waals surface area (Å²) in [5, 5.41) is 17.2. The Morgan fingerprint density at radius 3 is 2.42 bits per heavy atom. The van der Waals surface area contributed by atoms with Gasteiger partial charge in [-0.05, 0) is 42.9 Å². The first-order valence-electron chi connectivity index (χ1n) is 10.4. The molecule has 172 valence electrons. The second-order valence-corrected chi connectivity index (χ2v) is 7.48. The molecule has 0 aromatic heterocycles. The van der Waals surface area contributed by atoms with Gasteiger partial charge in [-0.2, -0.15) is 0 Å². The molecule has 3 amide bonds. The number of alkyl carbamates (subject to hydrolysis) is 1. The highest BCUT2D eigenvalue weighted by molar-refractivity contribution is 5.97. The number of aliphatic hydroxyl groups excluding tert-OH is 1. The summed E-state index contributed by atoms with van der Waals surface area (Å²) in [4.78, 5) is 36.6. The van der Waals surface area contributed by atoms with E-state index in [0.29, 0.717) is 31.5 Å². The summed E-state index contributed by atoms with van der Waals surface area (Å²) < 4.78 is 4.82. The van der Waals surface area contributed by atoms with Gasteiger partial charge < -0.3 is 31.5 Å². The van der Waals surface area contributed by atoms with Crippen molar-refractivity contribution in [1.82, 2.24) is 10.6 Å². The third-order valence-electron chi connectivity index (χ3n) is 4.58. The highest BCUT2D eigenvalue weighted by atomic mass is 16.5. The van der Waals surface area contributed by atoms with Crippen LogP contribution in [0.25, 0.3) is 0 Å². The van der Waals surface area contributed by atoms with Gasteiger partial charge in [0.05, 0.1) is 12.6 Å². The topological polar surface area (TPSA) is 143 Å². The Labute approximate surface area is 183 Å². The van der Waals surface area contributed by atoms with Crippen molar-refractivity contribution < 1.29 is 24.2 Å². The molecule has 0 spiro atoms. The van der Waals surface area contributed by atoms with E-state index in [2.05, 4.69) is 22.5 Å². The van der Waals surface area contributed by atoms with Crippen LogP contribution in [0.5, 0.6) is 0 Å². The number of aliphatic hydroxyl groups is 1. The first-order chi connectivity index (χ1) is 14.8. The number of unbranched alkanes of at least 4 members (excludes halogenated alkanes) is 1. The predicted octanol–water partition coefficient (Wildman–Crippen LogP) is 1.67. The van der Waals surface area contributed by atoms with Gasteiger partial charge in [-0.3, -0.25) is 9.59 Å². The number of hydrogen-bond acceptors (Lipinski definition) is 6. The average molecular weight is 435 g/mol. The molecule has 9 heteroatoms. The summed E-state index contributed by atoms with van der Waals surface area (Å²) in [6.07, 6.45) is 2.51. The molecule has 0 saturated carbocycles. The highest BCUT2D eigenvalue weighted by Crippen LogP contribution is 2.12. The van der Waals surface area contributed by atoms with Crippen molar-refractivity contribution >= 4 is 23.6 Å². The van der Waals surface area contributed by atoms with Gasteiger partial charge in [-0.25, -0.2) is 4.79 Å². The third-order valence-corrected chi connectivity index (χ3v) is 4.58. The van der Waals surface area contributed by atoms with Crippen molar-refractivity contribution in [3.05, 3.63) is 42.5 Å². The fourth-order valence-corrected chi connectivity index (χ4v) is 2.61. The lowest BCUT2D eigenvalue weighted by atomic mass is 10.0. The average Bonchev–Trinajstić information content (AvgIpc) is 2.76. The fraction of sp³-hybridized carbons (Fsp3) is 0.500. The molecule has 0 heterocycles. The van der Waals surface area contributed by atoms with Crippen LogP contribution >= 0.6 is 0 Å². The molecule has 1 rings (SSSR count). The highest BCUT2D eigenvalue weighted by Gasteiger charge is 2.25. The second-order valence-electron chi connectivity index (χ2n) is 7.48. The molecule has 2 atom stereocenters.